The molecule has 0 saturated carbocycles. The maximum atomic E-state index is 10.4. The fraction of sp³-hybridized carbons (Fsp3) is 1.00. The zero-order chi connectivity index (χ0) is 10.1. The average molecular weight is 208 g/mol. The fourth-order valence-corrected chi connectivity index (χ4v) is 1.77. The highest BCUT2D eigenvalue weighted by Crippen LogP contribution is 2.41. The summed E-state index contributed by atoms with van der Waals surface area (Å²) in [6.07, 6.45) is -1.44. The molecule has 0 aromatic carbocycles. The first kappa shape index (κ1) is 11.2. The highest BCUT2D eigenvalue weighted by Gasteiger charge is 2.37. The molecule has 1 fully saturated rings. The number of rotatable bonds is 3. The van der Waals surface area contributed by atoms with Gasteiger partial charge in [-0.1, -0.05) is 0 Å². The zero-order valence-corrected chi connectivity index (χ0v) is 7.63. The predicted molar refractivity (Wildman–Crippen MR) is 43.0 cm³/mol. The molecule has 1 aliphatic heterocycles. The van der Waals surface area contributed by atoms with E-state index in [-0.39, 0.29) is 13.0 Å². The fourth-order valence-electron chi connectivity index (χ4n) is 1.20. The van der Waals surface area contributed by atoms with E-state index in [4.69, 9.17) is 27.5 Å². The quantitative estimate of drug-likeness (QED) is 0.395. The molecule has 3 atom stereocenters. The molecule has 1 heterocycles. The summed E-state index contributed by atoms with van der Waals surface area (Å²) in [5.74, 6) is 0. The van der Waals surface area contributed by atoms with E-state index in [2.05, 4.69) is 4.52 Å². The van der Waals surface area contributed by atoms with Gasteiger partial charge in [-0.3, -0.25) is 4.52 Å². The highest BCUT2D eigenvalue weighted by molar-refractivity contribution is 7.46. The molecular weight excluding hydrogens is 198 g/mol. The minimum atomic E-state index is -4.54. The van der Waals surface area contributed by atoms with Crippen LogP contribution in [0.3, 0.4) is 0 Å². The molecule has 3 N–H and O–H groups in total. The predicted octanol–water partition coefficient (Wildman–Crippen LogP) is -1.26. The first-order valence-electron chi connectivity index (χ1n) is 3.68. The van der Waals surface area contributed by atoms with Gasteiger partial charge in [-0.2, -0.15) is 0 Å². The Labute approximate surface area is 76.5 Å². The lowest BCUT2D eigenvalue weighted by atomic mass is 9.96. The third-order valence-electron chi connectivity index (χ3n) is 1.68. The van der Waals surface area contributed by atoms with Gasteiger partial charge in [0, 0.05) is 6.00 Å². The van der Waals surface area contributed by atoms with Crippen LogP contribution in [0.1, 0.15) is 6.42 Å². The molecule has 0 spiro atoms. The summed E-state index contributed by atoms with van der Waals surface area (Å²) in [6.45, 7) is -0.377. The van der Waals surface area contributed by atoms with Crippen LogP contribution in [-0.4, -0.2) is 47.6 Å². The van der Waals surface area contributed by atoms with Crippen molar-refractivity contribution < 1.29 is 28.7 Å². The largest absolute Gasteiger partial charge is 0.469 e. The second kappa shape index (κ2) is 4.08. The molecule has 8 heteroatoms. The van der Waals surface area contributed by atoms with Crippen LogP contribution in [0.15, 0.2) is 0 Å². The Morgan fingerprint density at radius 1 is 1.62 bits per heavy atom. The number of hydrogen-bond donors (Lipinski definition) is 3. The number of phosphoric acid groups is 1. The Balaban J connectivity index is 2.54. The van der Waals surface area contributed by atoms with E-state index < -0.39 is 26.0 Å². The average Bonchev–Trinajstić information content (AvgIpc) is 2.27. The van der Waals surface area contributed by atoms with E-state index in [1.165, 1.54) is 0 Å². The topological polar surface area (TPSA) is 96.2 Å². The lowest BCUT2D eigenvalue weighted by Gasteiger charge is -2.16. The lowest BCUT2D eigenvalue weighted by Crippen LogP contribution is -2.26. The molecule has 0 amide bonds. The van der Waals surface area contributed by atoms with Crippen molar-refractivity contribution in [2.24, 2.45) is 0 Å². The van der Waals surface area contributed by atoms with Crippen molar-refractivity contribution in [3.8, 4) is 0 Å². The Kier molecular flexibility index (Phi) is 3.51. The van der Waals surface area contributed by atoms with Crippen molar-refractivity contribution >= 4 is 15.7 Å². The third-order valence-corrected chi connectivity index (χ3v) is 2.23. The van der Waals surface area contributed by atoms with Gasteiger partial charge in [-0.05, 0) is 6.42 Å². The number of hydrogen-bond acceptors (Lipinski definition) is 4. The van der Waals surface area contributed by atoms with Crippen LogP contribution in [0.5, 0.6) is 0 Å². The first-order chi connectivity index (χ1) is 5.92. The number of aliphatic hydroxyl groups excluding tert-OH is 1. The Morgan fingerprint density at radius 3 is 2.69 bits per heavy atom. The molecule has 1 saturated heterocycles. The minimum absolute atomic E-state index is 0.163. The summed E-state index contributed by atoms with van der Waals surface area (Å²) < 4.78 is 19.8. The Morgan fingerprint density at radius 2 is 2.23 bits per heavy atom. The van der Waals surface area contributed by atoms with Gasteiger partial charge in [0.15, 0.2) is 0 Å². The number of aliphatic hydroxyl groups is 1. The zero-order valence-electron chi connectivity index (χ0n) is 6.74. The van der Waals surface area contributed by atoms with Crippen LogP contribution in [-0.2, 0) is 13.8 Å². The summed E-state index contributed by atoms with van der Waals surface area (Å²) >= 11 is 0. The summed E-state index contributed by atoms with van der Waals surface area (Å²) in [6, 6.07) is -0.645. The van der Waals surface area contributed by atoms with E-state index >= 15 is 0 Å². The summed E-state index contributed by atoms with van der Waals surface area (Å²) in [7, 11) is 0.805. The molecule has 74 valence electrons. The van der Waals surface area contributed by atoms with Crippen LogP contribution in [0.25, 0.3) is 0 Å². The van der Waals surface area contributed by atoms with Crippen molar-refractivity contribution in [3.63, 3.8) is 0 Å². The maximum Gasteiger partial charge on any atom is 0.469 e. The van der Waals surface area contributed by atoms with Crippen molar-refractivity contribution in [2.45, 2.75) is 24.6 Å². The van der Waals surface area contributed by atoms with Crippen molar-refractivity contribution in [3.05, 3.63) is 0 Å². The minimum Gasteiger partial charge on any atom is -0.394 e. The van der Waals surface area contributed by atoms with Crippen LogP contribution in [0.4, 0.5) is 0 Å². The van der Waals surface area contributed by atoms with Gasteiger partial charge in [0.25, 0.3) is 0 Å². The third kappa shape index (κ3) is 3.38. The molecule has 6 nitrogen and oxygen atoms in total. The smallest absolute Gasteiger partial charge is 0.394 e. The molecule has 0 aromatic heterocycles. The van der Waals surface area contributed by atoms with Gasteiger partial charge in [-0.25, -0.2) is 4.57 Å². The van der Waals surface area contributed by atoms with E-state index in [0.717, 1.165) is 0 Å². The van der Waals surface area contributed by atoms with Crippen molar-refractivity contribution in [1.82, 2.24) is 0 Å². The normalized spacial score (nSPS) is 35.2. The van der Waals surface area contributed by atoms with Crippen molar-refractivity contribution in [2.75, 3.05) is 6.61 Å². The molecule has 1 aliphatic rings. The molecule has 1 rings (SSSR count). The summed E-state index contributed by atoms with van der Waals surface area (Å²) in [5, 5.41) is 8.74. The molecule has 13 heavy (non-hydrogen) atoms. The number of phosphoric ester groups is 1. The van der Waals surface area contributed by atoms with Crippen LogP contribution < -0.4 is 0 Å². The monoisotopic (exact) mass is 208 g/mol. The van der Waals surface area contributed by atoms with Gasteiger partial charge in [0.1, 0.15) is 14.0 Å². The van der Waals surface area contributed by atoms with E-state index in [1.54, 1.807) is 0 Å². The summed E-state index contributed by atoms with van der Waals surface area (Å²) in [5.41, 5.74) is 0. The summed E-state index contributed by atoms with van der Waals surface area (Å²) in [4.78, 5) is 17.0. The lowest BCUT2D eigenvalue weighted by molar-refractivity contribution is -0.00426. The van der Waals surface area contributed by atoms with Gasteiger partial charge >= 0.3 is 7.82 Å². The van der Waals surface area contributed by atoms with Crippen LogP contribution in [0, 0.1) is 0 Å². The Hall–Kier alpha value is 0.0949. The van der Waals surface area contributed by atoms with Gasteiger partial charge in [0.05, 0.1) is 12.7 Å². The van der Waals surface area contributed by atoms with E-state index in [1.807, 2.05) is 0 Å². The first-order valence-corrected chi connectivity index (χ1v) is 5.21. The number of ether oxygens (including phenoxy) is 1. The van der Waals surface area contributed by atoms with Crippen LogP contribution >= 0.6 is 7.82 Å². The van der Waals surface area contributed by atoms with Gasteiger partial charge in [-0.15, -0.1) is 0 Å². The van der Waals surface area contributed by atoms with E-state index in [9.17, 15) is 4.57 Å². The SMILES string of the molecule is [B]C1CC(OP(=O)(O)O)C(CO)O1. The molecule has 0 bridgehead atoms. The van der Waals surface area contributed by atoms with Crippen molar-refractivity contribution in [1.29, 1.82) is 0 Å². The molecule has 0 aromatic rings. The maximum absolute atomic E-state index is 10.4. The second-order valence-electron chi connectivity index (χ2n) is 2.77. The van der Waals surface area contributed by atoms with Gasteiger partial charge in [0.2, 0.25) is 0 Å². The molecule has 2 radical (unpaired) electrons. The highest BCUT2D eigenvalue weighted by atomic mass is 31.2. The molecule has 3 unspecified atom stereocenters. The van der Waals surface area contributed by atoms with Crippen LogP contribution in [0.2, 0.25) is 0 Å². The van der Waals surface area contributed by atoms with E-state index in [0.29, 0.717) is 0 Å². The second-order valence-corrected chi connectivity index (χ2v) is 3.96. The molecule has 0 aliphatic carbocycles. The Bertz CT molecular complexity index is 217. The standard InChI is InChI=1S/C5H10BO6P/c6-5-1-3(4(2-7)11-5)12-13(8,9)10/h3-5,7H,1-2H2,(H2,8,9,10). The molecular formula is C5H10BO6P. The van der Waals surface area contributed by atoms with Gasteiger partial charge < -0.3 is 19.6 Å².